The molecule has 0 unspecified atom stereocenters. The van der Waals surface area contributed by atoms with E-state index >= 15 is 0 Å². The van der Waals surface area contributed by atoms with Gasteiger partial charge in [0.1, 0.15) is 5.82 Å². The van der Waals surface area contributed by atoms with E-state index in [1.165, 1.54) is 9.47 Å². The van der Waals surface area contributed by atoms with Gasteiger partial charge in [0.15, 0.2) is 5.69 Å². The smallest absolute Gasteiger partial charge is 0.330 e. The van der Waals surface area contributed by atoms with E-state index in [9.17, 15) is 19.2 Å². The third-order valence-corrected chi connectivity index (χ3v) is 5.75. The number of anilines is 3. The van der Waals surface area contributed by atoms with Crippen molar-refractivity contribution in [1.82, 2.24) is 9.55 Å². The van der Waals surface area contributed by atoms with Gasteiger partial charge in [-0.25, -0.2) is 4.79 Å². The van der Waals surface area contributed by atoms with Gasteiger partial charge in [0.05, 0.1) is 5.92 Å². The van der Waals surface area contributed by atoms with Crippen molar-refractivity contribution >= 4 is 29.0 Å². The number of nitrogens with zero attached hydrogens (tertiary/aromatic N) is 3. The normalized spacial score (nSPS) is 15.9. The summed E-state index contributed by atoms with van der Waals surface area (Å²) >= 11 is 0. The van der Waals surface area contributed by atoms with Gasteiger partial charge in [-0.3, -0.25) is 23.9 Å². The van der Waals surface area contributed by atoms with Crippen molar-refractivity contribution < 1.29 is 9.59 Å². The lowest BCUT2D eigenvalue weighted by molar-refractivity contribution is -0.124. The zero-order valence-corrected chi connectivity index (χ0v) is 18.9. The Balaban J connectivity index is 1.95. The molecule has 3 N–H and O–H groups in total. The summed E-state index contributed by atoms with van der Waals surface area (Å²) in [4.78, 5) is 56.4. The average molecular weight is 442 g/mol. The van der Waals surface area contributed by atoms with Crippen LogP contribution in [0, 0.1) is 12.8 Å². The highest BCUT2D eigenvalue weighted by Gasteiger charge is 2.38. The van der Waals surface area contributed by atoms with Crippen LogP contribution >= 0.6 is 0 Å². The molecule has 1 aliphatic rings. The molecule has 1 saturated heterocycles. The highest BCUT2D eigenvalue weighted by molar-refractivity contribution is 6.05. The van der Waals surface area contributed by atoms with Crippen molar-refractivity contribution in [3.63, 3.8) is 0 Å². The summed E-state index contributed by atoms with van der Waals surface area (Å²) in [5, 5.41) is 0. The maximum absolute atomic E-state index is 13.5. The van der Waals surface area contributed by atoms with Crippen molar-refractivity contribution in [2.75, 3.05) is 28.6 Å². The van der Waals surface area contributed by atoms with E-state index in [2.05, 4.69) is 4.98 Å². The molecule has 3 rings (SSSR count). The number of aromatic amines is 1. The van der Waals surface area contributed by atoms with Crippen molar-refractivity contribution in [2.24, 2.45) is 5.92 Å². The average Bonchev–Trinajstić information content (AvgIpc) is 3.15. The summed E-state index contributed by atoms with van der Waals surface area (Å²) < 4.78 is 1.28. The third kappa shape index (κ3) is 4.61. The van der Waals surface area contributed by atoms with E-state index in [0.717, 1.165) is 17.7 Å². The predicted octanol–water partition coefficient (Wildman–Crippen LogP) is 2.02. The van der Waals surface area contributed by atoms with Crippen LogP contribution in [0.3, 0.4) is 0 Å². The Bertz CT molecular complexity index is 1100. The first-order valence-corrected chi connectivity index (χ1v) is 11.1. The Morgan fingerprint density at radius 2 is 1.84 bits per heavy atom. The van der Waals surface area contributed by atoms with Crippen LogP contribution in [-0.2, 0) is 16.1 Å². The summed E-state index contributed by atoms with van der Waals surface area (Å²) in [6.07, 6.45) is 2.15. The number of unbranched alkanes of at least 4 members (excludes halogenated alkanes) is 1. The summed E-state index contributed by atoms with van der Waals surface area (Å²) in [5.74, 6) is -1.10. The lowest BCUT2D eigenvalue weighted by Gasteiger charge is -2.27. The monoisotopic (exact) mass is 441 g/mol. The molecule has 0 saturated carbocycles. The molecule has 2 amide bonds. The Hall–Kier alpha value is -3.36. The number of aromatic nitrogens is 2. The molecule has 0 bridgehead atoms. The van der Waals surface area contributed by atoms with E-state index in [0.29, 0.717) is 19.4 Å². The molecular weight excluding hydrogens is 410 g/mol. The lowest BCUT2D eigenvalue weighted by atomic mass is 10.1. The molecule has 2 aromatic rings. The summed E-state index contributed by atoms with van der Waals surface area (Å²) in [6, 6.07) is 7.56. The second-order valence-electron chi connectivity index (χ2n) is 8.23. The number of carbonyl (C=O) groups is 2. The SMILES string of the molecule is CCCCN(C(=O)[C@@H]1CC(=O)N(c2ccc(C)cc2)C1)c1c(N)n(CCC)c(=O)[nH]c1=O. The number of nitrogens with one attached hydrogen (secondary N) is 1. The molecule has 0 aliphatic carbocycles. The predicted molar refractivity (Wildman–Crippen MR) is 125 cm³/mol. The molecule has 1 fully saturated rings. The zero-order valence-electron chi connectivity index (χ0n) is 18.9. The number of nitrogen functional groups attached to an aromatic ring is 1. The largest absolute Gasteiger partial charge is 0.383 e. The van der Waals surface area contributed by atoms with Gasteiger partial charge in [0.2, 0.25) is 11.8 Å². The van der Waals surface area contributed by atoms with Gasteiger partial charge in [-0.05, 0) is 31.9 Å². The minimum Gasteiger partial charge on any atom is -0.383 e. The van der Waals surface area contributed by atoms with Crippen molar-refractivity contribution in [3.05, 3.63) is 50.7 Å². The lowest BCUT2D eigenvalue weighted by Crippen LogP contribution is -2.44. The van der Waals surface area contributed by atoms with E-state index < -0.39 is 17.2 Å². The molecule has 172 valence electrons. The number of amides is 2. The fraction of sp³-hybridized carbons (Fsp3) is 0.478. The first-order chi connectivity index (χ1) is 15.3. The first kappa shape index (κ1) is 23.3. The van der Waals surface area contributed by atoms with Gasteiger partial charge in [-0.2, -0.15) is 0 Å². The van der Waals surface area contributed by atoms with Crippen LogP contribution in [0.1, 0.15) is 45.1 Å². The Morgan fingerprint density at radius 3 is 2.47 bits per heavy atom. The van der Waals surface area contributed by atoms with Gasteiger partial charge in [0, 0.05) is 31.7 Å². The molecule has 0 spiro atoms. The van der Waals surface area contributed by atoms with Gasteiger partial charge in [-0.15, -0.1) is 0 Å². The molecule has 2 heterocycles. The maximum atomic E-state index is 13.5. The zero-order chi connectivity index (χ0) is 23.4. The Morgan fingerprint density at radius 1 is 1.16 bits per heavy atom. The fourth-order valence-electron chi connectivity index (χ4n) is 4.00. The van der Waals surface area contributed by atoms with Crippen molar-refractivity contribution in [2.45, 2.75) is 53.0 Å². The number of hydrogen-bond donors (Lipinski definition) is 2. The molecule has 1 atom stereocenters. The number of H-pyrrole nitrogens is 1. The molecule has 32 heavy (non-hydrogen) atoms. The number of nitrogens with two attached hydrogens (primary N) is 1. The molecule has 1 aromatic carbocycles. The van der Waals surface area contributed by atoms with Crippen LogP contribution in [-0.4, -0.2) is 34.5 Å². The summed E-state index contributed by atoms with van der Waals surface area (Å²) in [7, 11) is 0. The number of carbonyl (C=O) groups excluding carboxylic acids is 2. The standard InChI is InChI=1S/C23H31N5O4/c1-4-6-12-26(19-20(24)27(11-5-2)23(32)25-21(19)30)22(31)16-13-18(29)28(14-16)17-9-7-15(3)8-10-17/h7-10,16H,4-6,11-14,24H2,1-3H3,(H,25,30,32)/t16-/m1/s1. The van der Waals surface area contributed by atoms with Crippen LogP contribution in [0.2, 0.25) is 0 Å². The molecule has 9 nitrogen and oxygen atoms in total. The van der Waals surface area contributed by atoms with Crippen molar-refractivity contribution in [3.8, 4) is 0 Å². The molecule has 1 aliphatic heterocycles. The number of hydrogen-bond acceptors (Lipinski definition) is 5. The van der Waals surface area contributed by atoms with Crippen molar-refractivity contribution in [1.29, 1.82) is 0 Å². The quantitative estimate of drug-likeness (QED) is 0.649. The van der Waals surface area contributed by atoms with Crippen LogP contribution in [0.15, 0.2) is 33.9 Å². The minimum absolute atomic E-state index is 0.0160. The van der Waals surface area contributed by atoms with Gasteiger partial charge >= 0.3 is 5.69 Å². The van der Waals surface area contributed by atoms with E-state index in [4.69, 9.17) is 5.73 Å². The highest BCUT2D eigenvalue weighted by atomic mass is 16.2. The number of benzene rings is 1. The van der Waals surface area contributed by atoms with Crippen LogP contribution in [0.4, 0.5) is 17.2 Å². The van der Waals surface area contributed by atoms with E-state index in [-0.39, 0.29) is 42.8 Å². The summed E-state index contributed by atoms with van der Waals surface area (Å²) in [5.41, 5.74) is 6.73. The second kappa shape index (κ2) is 9.84. The topological polar surface area (TPSA) is 121 Å². The van der Waals surface area contributed by atoms with Gasteiger partial charge in [0.25, 0.3) is 5.56 Å². The van der Waals surface area contributed by atoms with Crippen LogP contribution < -0.4 is 26.8 Å². The van der Waals surface area contributed by atoms with Gasteiger partial charge < -0.3 is 15.5 Å². The Labute approximate surface area is 186 Å². The van der Waals surface area contributed by atoms with E-state index in [1.807, 2.05) is 45.0 Å². The number of rotatable bonds is 8. The van der Waals surface area contributed by atoms with Gasteiger partial charge in [-0.1, -0.05) is 38.0 Å². The second-order valence-corrected chi connectivity index (χ2v) is 8.23. The summed E-state index contributed by atoms with van der Waals surface area (Å²) in [6.45, 7) is 6.67. The van der Waals surface area contributed by atoms with Crippen LogP contribution in [0.5, 0.6) is 0 Å². The highest BCUT2D eigenvalue weighted by Crippen LogP contribution is 2.29. The fourth-order valence-corrected chi connectivity index (χ4v) is 4.00. The molecular formula is C23H31N5O4. The third-order valence-electron chi connectivity index (χ3n) is 5.75. The Kier molecular flexibility index (Phi) is 7.17. The van der Waals surface area contributed by atoms with Crippen LogP contribution in [0.25, 0.3) is 0 Å². The first-order valence-electron chi connectivity index (χ1n) is 11.1. The number of aryl methyl sites for hydroxylation is 1. The molecule has 0 radical (unpaired) electrons. The minimum atomic E-state index is -0.691. The molecule has 1 aromatic heterocycles. The van der Waals surface area contributed by atoms with E-state index in [1.54, 1.807) is 4.90 Å². The maximum Gasteiger partial charge on any atom is 0.330 e. The molecule has 9 heteroatoms.